The predicted octanol–water partition coefficient (Wildman–Crippen LogP) is 2.98. The van der Waals surface area contributed by atoms with Crippen LogP contribution < -0.4 is 5.32 Å². The van der Waals surface area contributed by atoms with Gasteiger partial charge in [0.15, 0.2) is 0 Å². The van der Waals surface area contributed by atoms with Crippen molar-refractivity contribution in [3.8, 4) is 0 Å². The number of nitrogens with zero attached hydrogens (tertiary/aromatic N) is 1. The van der Waals surface area contributed by atoms with Crippen molar-refractivity contribution in [2.24, 2.45) is 0 Å². The highest BCUT2D eigenvalue weighted by atomic mass is 35.5. The van der Waals surface area contributed by atoms with E-state index in [9.17, 15) is 4.79 Å². The van der Waals surface area contributed by atoms with Gasteiger partial charge in [-0.15, -0.1) is 0 Å². The molecule has 98 valence electrons. The largest absolute Gasteiger partial charge is 0.446 e. The first-order valence-corrected chi connectivity index (χ1v) is 6.43. The van der Waals surface area contributed by atoms with Gasteiger partial charge in [0.2, 0.25) is 0 Å². The molecule has 1 aliphatic heterocycles. The SMILES string of the molecule is CN1CCC(OC(=O)Nc2ccc(Cl)cc2)CC1. The minimum Gasteiger partial charge on any atom is -0.446 e. The van der Waals surface area contributed by atoms with E-state index >= 15 is 0 Å². The quantitative estimate of drug-likeness (QED) is 0.897. The van der Waals surface area contributed by atoms with Gasteiger partial charge < -0.3 is 9.64 Å². The van der Waals surface area contributed by atoms with E-state index in [1.165, 1.54) is 0 Å². The molecule has 1 amide bonds. The van der Waals surface area contributed by atoms with Crippen LogP contribution in [-0.2, 0) is 4.74 Å². The highest BCUT2D eigenvalue weighted by molar-refractivity contribution is 6.30. The summed E-state index contributed by atoms with van der Waals surface area (Å²) in [4.78, 5) is 13.9. The van der Waals surface area contributed by atoms with E-state index in [1.807, 2.05) is 0 Å². The van der Waals surface area contributed by atoms with Crippen molar-refractivity contribution in [1.29, 1.82) is 0 Å². The maximum Gasteiger partial charge on any atom is 0.411 e. The second-order valence-corrected chi connectivity index (χ2v) is 4.98. The number of likely N-dealkylation sites (tertiary alicyclic amines) is 1. The van der Waals surface area contributed by atoms with Gasteiger partial charge in [0.1, 0.15) is 6.10 Å². The van der Waals surface area contributed by atoms with Crippen LogP contribution in [0.3, 0.4) is 0 Å². The molecule has 1 N–H and O–H groups in total. The number of rotatable bonds is 2. The van der Waals surface area contributed by atoms with Crippen LogP contribution in [0.1, 0.15) is 12.8 Å². The number of halogens is 1. The number of hydrogen-bond acceptors (Lipinski definition) is 3. The highest BCUT2D eigenvalue weighted by Gasteiger charge is 2.20. The molecule has 0 saturated carbocycles. The number of piperidine rings is 1. The van der Waals surface area contributed by atoms with Crippen molar-refractivity contribution in [3.05, 3.63) is 29.3 Å². The van der Waals surface area contributed by atoms with Gasteiger partial charge >= 0.3 is 6.09 Å². The minimum absolute atomic E-state index is 0.0218. The van der Waals surface area contributed by atoms with Crippen LogP contribution in [0, 0.1) is 0 Å². The Balaban J connectivity index is 1.80. The van der Waals surface area contributed by atoms with E-state index in [4.69, 9.17) is 16.3 Å². The monoisotopic (exact) mass is 268 g/mol. The van der Waals surface area contributed by atoms with Gasteiger partial charge in [0.05, 0.1) is 0 Å². The van der Waals surface area contributed by atoms with Crippen LogP contribution in [-0.4, -0.2) is 37.2 Å². The Labute approximate surface area is 112 Å². The predicted molar refractivity (Wildman–Crippen MR) is 72.1 cm³/mol. The van der Waals surface area contributed by atoms with Crippen molar-refractivity contribution >= 4 is 23.4 Å². The molecule has 0 aliphatic carbocycles. The number of benzene rings is 1. The van der Waals surface area contributed by atoms with Crippen LogP contribution in [0.25, 0.3) is 0 Å². The Hall–Kier alpha value is -1.26. The van der Waals surface area contributed by atoms with E-state index in [0.29, 0.717) is 10.7 Å². The number of carbonyl (C=O) groups excluding carboxylic acids is 1. The summed E-state index contributed by atoms with van der Waals surface area (Å²) in [5.41, 5.74) is 0.692. The standard InChI is InChI=1S/C13H17ClN2O2/c1-16-8-6-12(7-9-16)18-13(17)15-11-4-2-10(14)3-5-11/h2-5,12H,6-9H2,1H3,(H,15,17). The molecule has 1 fully saturated rings. The third-order valence-electron chi connectivity index (χ3n) is 3.03. The molecule has 1 heterocycles. The van der Waals surface area contributed by atoms with Crippen molar-refractivity contribution in [2.45, 2.75) is 18.9 Å². The Bertz CT molecular complexity index is 400. The fraction of sp³-hybridized carbons (Fsp3) is 0.462. The molecule has 2 rings (SSSR count). The van der Waals surface area contributed by atoms with Crippen molar-refractivity contribution in [2.75, 3.05) is 25.5 Å². The molecule has 18 heavy (non-hydrogen) atoms. The summed E-state index contributed by atoms with van der Waals surface area (Å²) in [6.07, 6.45) is 1.41. The van der Waals surface area contributed by atoms with E-state index in [1.54, 1.807) is 24.3 Å². The minimum atomic E-state index is -0.396. The summed E-state index contributed by atoms with van der Waals surface area (Å²) in [7, 11) is 2.07. The van der Waals surface area contributed by atoms with Gasteiger partial charge in [-0.2, -0.15) is 0 Å². The first-order chi connectivity index (χ1) is 8.63. The fourth-order valence-electron chi connectivity index (χ4n) is 1.93. The Morgan fingerprint density at radius 2 is 1.94 bits per heavy atom. The lowest BCUT2D eigenvalue weighted by Gasteiger charge is -2.28. The zero-order valence-electron chi connectivity index (χ0n) is 10.4. The highest BCUT2D eigenvalue weighted by Crippen LogP contribution is 2.16. The molecule has 0 aromatic heterocycles. The number of anilines is 1. The summed E-state index contributed by atoms with van der Waals surface area (Å²) < 4.78 is 5.36. The van der Waals surface area contributed by atoms with Crippen LogP contribution in [0.5, 0.6) is 0 Å². The summed E-state index contributed by atoms with van der Waals surface area (Å²) in [5.74, 6) is 0. The number of amides is 1. The molecule has 1 aromatic carbocycles. The normalized spacial score (nSPS) is 17.4. The number of carbonyl (C=O) groups is 1. The zero-order valence-corrected chi connectivity index (χ0v) is 11.1. The van der Waals surface area contributed by atoms with E-state index in [2.05, 4.69) is 17.3 Å². The molecule has 1 saturated heterocycles. The molecule has 0 bridgehead atoms. The second kappa shape index (κ2) is 6.07. The molecule has 0 unspecified atom stereocenters. The van der Waals surface area contributed by atoms with Gasteiger partial charge in [-0.1, -0.05) is 11.6 Å². The smallest absolute Gasteiger partial charge is 0.411 e. The summed E-state index contributed by atoms with van der Waals surface area (Å²) in [6, 6.07) is 6.95. The third-order valence-corrected chi connectivity index (χ3v) is 3.28. The molecular formula is C13H17ClN2O2. The average molecular weight is 269 g/mol. The molecule has 0 radical (unpaired) electrons. The van der Waals surface area contributed by atoms with Crippen molar-refractivity contribution in [1.82, 2.24) is 4.90 Å². The van der Waals surface area contributed by atoms with Crippen LogP contribution in [0.4, 0.5) is 10.5 Å². The molecule has 1 aliphatic rings. The van der Waals surface area contributed by atoms with E-state index in [-0.39, 0.29) is 6.10 Å². The number of ether oxygens (including phenoxy) is 1. The number of hydrogen-bond donors (Lipinski definition) is 1. The fourth-order valence-corrected chi connectivity index (χ4v) is 2.06. The number of nitrogens with one attached hydrogen (secondary N) is 1. The van der Waals surface area contributed by atoms with Crippen molar-refractivity contribution in [3.63, 3.8) is 0 Å². The third kappa shape index (κ3) is 3.89. The van der Waals surface area contributed by atoms with Gasteiger partial charge in [0, 0.05) is 23.8 Å². The lowest BCUT2D eigenvalue weighted by atomic mass is 10.1. The first-order valence-electron chi connectivity index (χ1n) is 6.05. The first kappa shape index (κ1) is 13.2. The summed E-state index contributed by atoms with van der Waals surface area (Å²) >= 11 is 5.77. The molecule has 1 aromatic rings. The van der Waals surface area contributed by atoms with Crippen LogP contribution in [0.2, 0.25) is 5.02 Å². The van der Waals surface area contributed by atoms with E-state index in [0.717, 1.165) is 25.9 Å². The summed E-state index contributed by atoms with van der Waals surface area (Å²) in [5, 5.41) is 3.34. The maximum absolute atomic E-state index is 11.7. The van der Waals surface area contributed by atoms with E-state index < -0.39 is 6.09 Å². The van der Waals surface area contributed by atoms with Gasteiger partial charge in [-0.25, -0.2) is 4.79 Å². The average Bonchev–Trinajstić information content (AvgIpc) is 2.35. The van der Waals surface area contributed by atoms with Gasteiger partial charge in [-0.05, 0) is 44.2 Å². The lowest BCUT2D eigenvalue weighted by molar-refractivity contribution is 0.0662. The summed E-state index contributed by atoms with van der Waals surface area (Å²) in [6.45, 7) is 1.94. The molecule has 4 nitrogen and oxygen atoms in total. The van der Waals surface area contributed by atoms with Crippen molar-refractivity contribution < 1.29 is 9.53 Å². The topological polar surface area (TPSA) is 41.6 Å². The van der Waals surface area contributed by atoms with Crippen LogP contribution >= 0.6 is 11.6 Å². The molecule has 5 heteroatoms. The molecule has 0 atom stereocenters. The van der Waals surface area contributed by atoms with Crippen LogP contribution in [0.15, 0.2) is 24.3 Å². The lowest BCUT2D eigenvalue weighted by Crippen LogP contribution is -2.36. The zero-order chi connectivity index (χ0) is 13.0. The van der Waals surface area contributed by atoms with Gasteiger partial charge in [0.25, 0.3) is 0 Å². The Kier molecular flexibility index (Phi) is 4.44. The molecular weight excluding hydrogens is 252 g/mol. The Morgan fingerprint density at radius 1 is 1.33 bits per heavy atom. The molecule has 0 spiro atoms. The van der Waals surface area contributed by atoms with Gasteiger partial charge in [-0.3, -0.25) is 5.32 Å². The Morgan fingerprint density at radius 3 is 2.56 bits per heavy atom. The maximum atomic E-state index is 11.7. The second-order valence-electron chi connectivity index (χ2n) is 4.54.